The van der Waals surface area contributed by atoms with E-state index in [0.29, 0.717) is 12.5 Å². The van der Waals surface area contributed by atoms with Crippen LogP contribution in [-0.2, 0) is 25.8 Å². The topological polar surface area (TPSA) is 49.6 Å². The highest BCUT2D eigenvalue weighted by atomic mass is 32.1. The van der Waals surface area contributed by atoms with Crippen molar-refractivity contribution in [2.75, 3.05) is 0 Å². The Balaban J connectivity index is 1.38. The minimum Gasteiger partial charge on any atom is -0.305 e. The quantitative estimate of drug-likeness (QED) is 0.524. The van der Waals surface area contributed by atoms with Gasteiger partial charge in [0.05, 0.1) is 5.39 Å². The molecule has 4 aromatic rings. The first kappa shape index (κ1) is 18.3. The Bertz CT molecular complexity index is 1210. The number of aromatic nitrogens is 3. The fourth-order valence-electron chi connectivity index (χ4n) is 4.18. The number of rotatable bonds is 4. The molecule has 0 aliphatic heterocycles. The summed E-state index contributed by atoms with van der Waals surface area (Å²) in [5.41, 5.74) is 3.82. The summed E-state index contributed by atoms with van der Waals surface area (Å²) in [5.74, 6) is 1.41. The second-order valence-electron chi connectivity index (χ2n) is 8.09. The predicted molar refractivity (Wildman–Crippen MR) is 116 cm³/mol. The number of hydrogen-bond acceptors (Lipinski definition) is 3. The van der Waals surface area contributed by atoms with Crippen LogP contribution in [0, 0.1) is 5.92 Å². The van der Waals surface area contributed by atoms with Gasteiger partial charge in [-0.15, -0.1) is 11.3 Å². The number of H-pyrrole nitrogens is 1. The molecule has 0 saturated heterocycles. The molecule has 1 aliphatic carbocycles. The van der Waals surface area contributed by atoms with Crippen molar-refractivity contribution in [3.8, 4) is 0 Å². The Kier molecular flexibility index (Phi) is 4.76. The number of nitrogens with zero attached hydrogens (tertiary/aromatic N) is 2. The minimum atomic E-state index is 0.0124. The Labute approximate surface area is 173 Å². The number of pyridine rings is 1. The molecule has 3 aromatic heterocycles. The molecule has 1 N–H and O–H groups in total. The van der Waals surface area contributed by atoms with Crippen LogP contribution in [0.4, 0.5) is 0 Å². The van der Waals surface area contributed by atoms with Crippen LogP contribution < -0.4 is 10.1 Å². The second-order valence-corrected chi connectivity index (χ2v) is 9.17. The Hall–Kier alpha value is -2.79. The third-order valence-corrected chi connectivity index (χ3v) is 6.91. The first-order chi connectivity index (χ1) is 14.2. The molecule has 3 heterocycles. The van der Waals surface area contributed by atoms with E-state index in [4.69, 9.17) is 4.98 Å². The van der Waals surface area contributed by atoms with E-state index in [2.05, 4.69) is 65.3 Å². The van der Waals surface area contributed by atoms with Gasteiger partial charge in [-0.05, 0) is 48.3 Å². The molecule has 1 aromatic carbocycles. The molecule has 0 radical (unpaired) electrons. The van der Waals surface area contributed by atoms with E-state index in [1.165, 1.54) is 21.6 Å². The minimum absolute atomic E-state index is 0.0124. The van der Waals surface area contributed by atoms with Crippen LogP contribution in [0.1, 0.15) is 40.7 Å². The molecule has 0 fully saturated rings. The van der Waals surface area contributed by atoms with Crippen LogP contribution in [0.25, 0.3) is 10.2 Å². The van der Waals surface area contributed by atoms with E-state index >= 15 is 0 Å². The first-order valence-corrected chi connectivity index (χ1v) is 11.0. The number of nitrogens with one attached hydrogen (secondary N) is 1. The third-order valence-electron chi connectivity index (χ3n) is 5.76. The molecule has 146 valence electrons. The largest absolute Gasteiger partial charge is 0.305 e. The molecule has 5 heteroatoms. The molecule has 4 nitrogen and oxygen atoms in total. The van der Waals surface area contributed by atoms with Crippen LogP contribution in [0.2, 0.25) is 0 Å². The molecule has 0 saturated carbocycles. The number of fused-ring (bicyclic) bond motifs is 3. The fraction of sp³-hybridized carbons (Fsp3) is 0.292. The third kappa shape index (κ3) is 3.75. The lowest BCUT2D eigenvalue weighted by atomic mass is 9.89. The maximum absolute atomic E-state index is 12.8. The SMILES string of the molecule is C[C@@H]1CCc2c(sc3nc(C[n+]4ccc(Cc5ccccc5)cc4)[nH]c(=O)c23)C1. The zero-order valence-corrected chi connectivity index (χ0v) is 17.3. The highest BCUT2D eigenvalue weighted by molar-refractivity contribution is 7.18. The van der Waals surface area contributed by atoms with Crippen molar-refractivity contribution < 1.29 is 4.57 Å². The Morgan fingerprint density at radius 3 is 2.69 bits per heavy atom. The second kappa shape index (κ2) is 7.56. The zero-order chi connectivity index (χ0) is 19.8. The van der Waals surface area contributed by atoms with Gasteiger partial charge in [0.1, 0.15) is 4.83 Å². The summed E-state index contributed by atoms with van der Waals surface area (Å²) < 4.78 is 2.06. The van der Waals surface area contributed by atoms with Gasteiger partial charge in [0.2, 0.25) is 6.54 Å². The molecule has 5 rings (SSSR count). The van der Waals surface area contributed by atoms with Crippen molar-refractivity contribution in [3.63, 3.8) is 0 Å². The van der Waals surface area contributed by atoms with Crippen molar-refractivity contribution in [2.45, 2.75) is 39.2 Å². The van der Waals surface area contributed by atoms with Gasteiger partial charge in [-0.3, -0.25) is 4.79 Å². The first-order valence-electron chi connectivity index (χ1n) is 10.2. The molecular weight excluding hydrogens is 378 g/mol. The van der Waals surface area contributed by atoms with E-state index in [-0.39, 0.29) is 5.56 Å². The van der Waals surface area contributed by atoms with Gasteiger partial charge in [-0.2, -0.15) is 4.57 Å². The summed E-state index contributed by atoms with van der Waals surface area (Å²) >= 11 is 1.71. The van der Waals surface area contributed by atoms with Crippen molar-refractivity contribution in [1.82, 2.24) is 9.97 Å². The summed E-state index contributed by atoms with van der Waals surface area (Å²) in [4.78, 5) is 22.8. The van der Waals surface area contributed by atoms with Gasteiger partial charge >= 0.3 is 0 Å². The highest BCUT2D eigenvalue weighted by Gasteiger charge is 2.23. The van der Waals surface area contributed by atoms with Gasteiger partial charge in [-0.1, -0.05) is 37.3 Å². The van der Waals surface area contributed by atoms with Crippen molar-refractivity contribution in [2.24, 2.45) is 5.92 Å². The van der Waals surface area contributed by atoms with E-state index < -0.39 is 0 Å². The number of aromatic amines is 1. The maximum atomic E-state index is 12.8. The van der Waals surface area contributed by atoms with E-state index in [9.17, 15) is 4.79 Å². The smallest absolute Gasteiger partial charge is 0.260 e. The van der Waals surface area contributed by atoms with Crippen LogP contribution in [-0.4, -0.2) is 9.97 Å². The maximum Gasteiger partial charge on any atom is 0.260 e. The molecule has 0 amide bonds. The van der Waals surface area contributed by atoms with Crippen molar-refractivity contribution >= 4 is 21.6 Å². The van der Waals surface area contributed by atoms with Crippen LogP contribution in [0.5, 0.6) is 0 Å². The molecular formula is C24H24N3OS+. The lowest BCUT2D eigenvalue weighted by molar-refractivity contribution is -0.689. The van der Waals surface area contributed by atoms with Crippen molar-refractivity contribution in [1.29, 1.82) is 0 Å². The number of thiophene rings is 1. The van der Waals surface area contributed by atoms with Gasteiger partial charge in [0.15, 0.2) is 18.2 Å². The Morgan fingerprint density at radius 1 is 1.14 bits per heavy atom. The van der Waals surface area contributed by atoms with Crippen LogP contribution in [0.15, 0.2) is 59.7 Å². The number of hydrogen-bond donors (Lipinski definition) is 1. The van der Waals surface area contributed by atoms with Crippen LogP contribution >= 0.6 is 11.3 Å². The molecule has 1 aliphatic rings. The summed E-state index contributed by atoms with van der Waals surface area (Å²) in [6.07, 6.45) is 8.27. The average molecular weight is 403 g/mol. The van der Waals surface area contributed by atoms with Crippen molar-refractivity contribution in [3.05, 3.63) is 92.6 Å². The van der Waals surface area contributed by atoms with E-state index in [0.717, 1.165) is 41.7 Å². The molecule has 0 unspecified atom stereocenters. The molecule has 0 spiro atoms. The van der Waals surface area contributed by atoms with Gasteiger partial charge < -0.3 is 4.98 Å². The lowest BCUT2D eigenvalue weighted by Crippen LogP contribution is -2.35. The molecule has 0 bridgehead atoms. The van der Waals surface area contributed by atoms with E-state index in [1.807, 2.05) is 6.07 Å². The summed E-state index contributed by atoms with van der Waals surface area (Å²) in [6, 6.07) is 14.7. The fourth-order valence-corrected chi connectivity index (χ4v) is 5.59. The summed E-state index contributed by atoms with van der Waals surface area (Å²) in [7, 11) is 0. The summed E-state index contributed by atoms with van der Waals surface area (Å²) in [5, 5.41) is 0.823. The highest BCUT2D eigenvalue weighted by Crippen LogP contribution is 2.35. The van der Waals surface area contributed by atoms with E-state index in [1.54, 1.807) is 11.3 Å². The number of aryl methyl sites for hydroxylation is 1. The normalized spacial score (nSPS) is 16.1. The van der Waals surface area contributed by atoms with Gasteiger partial charge in [0.25, 0.3) is 5.56 Å². The number of benzene rings is 1. The van der Waals surface area contributed by atoms with Crippen LogP contribution in [0.3, 0.4) is 0 Å². The molecule has 1 atom stereocenters. The molecule has 29 heavy (non-hydrogen) atoms. The lowest BCUT2D eigenvalue weighted by Gasteiger charge is -2.17. The zero-order valence-electron chi connectivity index (χ0n) is 16.5. The predicted octanol–water partition coefficient (Wildman–Crippen LogP) is 4.04. The standard InChI is InChI=1S/C24H23N3OS/c1-16-7-8-19-20(13-16)29-24-22(19)23(28)25-21(26-24)15-27-11-9-18(10-12-27)14-17-5-3-2-4-6-17/h2-6,9-12,16H,7-8,13-15H2,1H3/p+1/t16-/m1/s1. The monoisotopic (exact) mass is 402 g/mol. The van der Waals surface area contributed by atoms with Gasteiger partial charge in [-0.25, -0.2) is 4.98 Å². The average Bonchev–Trinajstić information content (AvgIpc) is 3.08. The van der Waals surface area contributed by atoms with Gasteiger partial charge in [0, 0.05) is 17.0 Å². The summed E-state index contributed by atoms with van der Waals surface area (Å²) in [6.45, 7) is 2.85. The Morgan fingerprint density at radius 2 is 1.90 bits per heavy atom.